The Bertz CT molecular complexity index is 470. The van der Waals surface area contributed by atoms with Gasteiger partial charge < -0.3 is 14.8 Å². The number of ether oxygens (including phenoxy) is 2. The lowest BCUT2D eigenvalue weighted by Gasteiger charge is -2.36. The third-order valence-electron chi connectivity index (χ3n) is 4.32. The highest BCUT2D eigenvalue weighted by Crippen LogP contribution is 2.38. The van der Waals surface area contributed by atoms with Gasteiger partial charge in [-0.3, -0.25) is 0 Å². The first-order valence-electron chi connectivity index (χ1n) is 7.79. The van der Waals surface area contributed by atoms with Crippen LogP contribution >= 0.6 is 0 Å². The second-order valence-corrected chi connectivity index (χ2v) is 6.81. The highest BCUT2D eigenvalue weighted by atomic mass is 16.5. The summed E-state index contributed by atoms with van der Waals surface area (Å²) in [6, 6.07) is 6.79. The standard InChI is InChI=1S/C17H25NO2/c1-17(2)8-3-5-14(12-17)18-13-6-7-15-16(11-13)20-10-4-9-19-15/h6-7,11,14,18H,3-5,8-10,12H2,1-2H3. The Morgan fingerprint density at radius 3 is 2.70 bits per heavy atom. The number of anilines is 1. The molecular formula is C17H25NO2. The van der Waals surface area contributed by atoms with E-state index in [1.807, 2.05) is 6.07 Å². The van der Waals surface area contributed by atoms with E-state index >= 15 is 0 Å². The molecule has 1 heterocycles. The number of rotatable bonds is 2. The van der Waals surface area contributed by atoms with Crippen molar-refractivity contribution in [2.24, 2.45) is 5.41 Å². The minimum atomic E-state index is 0.460. The van der Waals surface area contributed by atoms with Crippen LogP contribution in [-0.4, -0.2) is 19.3 Å². The summed E-state index contributed by atoms with van der Waals surface area (Å²) in [6.07, 6.45) is 6.11. The SMILES string of the molecule is CC1(C)CCCC(Nc2ccc3c(c2)OCCCO3)C1. The lowest BCUT2D eigenvalue weighted by Crippen LogP contribution is -2.31. The molecule has 0 spiro atoms. The van der Waals surface area contributed by atoms with E-state index < -0.39 is 0 Å². The summed E-state index contributed by atoms with van der Waals surface area (Å²) in [7, 11) is 0. The Morgan fingerprint density at radius 1 is 1.10 bits per heavy atom. The van der Waals surface area contributed by atoms with Crippen molar-refractivity contribution in [3.05, 3.63) is 18.2 Å². The number of hydrogen-bond acceptors (Lipinski definition) is 3. The van der Waals surface area contributed by atoms with Crippen molar-refractivity contribution in [1.29, 1.82) is 0 Å². The van der Waals surface area contributed by atoms with Gasteiger partial charge in [-0.05, 0) is 36.8 Å². The van der Waals surface area contributed by atoms with Crippen LogP contribution in [0.3, 0.4) is 0 Å². The Morgan fingerprint density at radius 2 is 1.90 bits per heavy atom. The monoisotopic (exact) mass is 275 g/mol. The Hall–Kier alpha value is -1.38. The molecule has 0 bridgehead atoms. The second kappa shape index (κ2) is 5.55. The first-order chi connectivity index (χ1) is 9.62. The smallest absolute Gasteiger partial charge is 0.163 e. The Balaban J connectivity index is 1.70. The van der Waals surface area contributed by atoms with Gasteiger partial charge in [-0.25, -0.2) is 0 Å². The van der Waals surface area contributed by atoms with Crippen LogP contribution in [0.25, 0.3) is 0 Å². The minimum Gasteiger partial charge on any atom is -0.490 e. The second-order valence-electron chi connectivity index (χ2n) is 6.81. The zero-order valence-corrected chi connectivity index (χ0v) is 12.6. The van der Waals surface area contributed by atoms with Crippen molar-refractivity contribution < 1.29 is 9.47 Å². The molecule has 0 aromatic heterocycles. The summed E-state index contributed by atoms with van der Waals surface area (Å²) < 4.78 is 11.4. The van der Waals surface area contributed by atoms with E-state index in [0.29, 0.717) is 11.5 Å². The van der Waals surface area contributed by atoms with Gasteiger partial charge in [-0.2, -0.15) is 0 Å². The molecule has 1 aliphatic heterocycles. The van der Waals surface area contributed by atoms with Crippen LogP contribution in [0.5, 0.6) is 11.5 Å². The van der Waals surface area contributed by atoms with Crippen molar-refractivity contribution in [2.45, 2.75) is 52.0 Å². The van der Waals surface area contributed by atoms with E-state index in [1.54, 1.807) is 0 Å². The molecule has 110 valence electrons. The molecule has 1 aliphatic carbocycles. The van der Waals surface area contributed by atoms with E-state index in [1.165, 1.54) is 25.7 Å². The highest BCUT2D eigenvalue weighted by molar-refractivity contribution is 5.55. The average molecular weight is 275 g/mol. The van der Waals surface area contributed by atoms with E-state index in [2.05, 4.69) is 31.3 Å². The quantitative estimate of drug-likeness (QED) is 0.876. The molecule has 0 saturated heterocycles. The minimum absolute atomic E-state index is 0.460. The van der Waals surface area contributed by atoms with Gasteiger partial charge in [0.15, 0.2) is 11.5 Å². The molecule has 1 saturated carbocycles. The molecule has 3 nitrogen and oxygen atoms in total. The summed E-state index contributed by atoms with van der Waals surface area (Å²) in [5.41, 5.74) is 1.61. The predicted molar refractivity (Wildman–Crippen MR) is 81.7 cm³/mol. The summed E-state index contributed by atoms with van der Waals surface area (Å²) in [5.74, 6) is 1.75. The lowest BCUT2D eigenvalue weighted by atomic mass is 9.75. The highest BCUT2D eigenvalue weighted by Gasteiger charge is 2.27. The van der Waals surface area contributed by atoms with Gasteiger partial charge in [0.2, 0.25) is 0 Å². The van der Waals surface area contributed by atoms with Crippen LogP contribution in [-0.2, 0) is 0 Å². The average Bonchev–Trinajstić information content (AvgIpc) is 2.62. The van der Waals surface area contributed by atoms with Gasteiger partial charge in [-0.1, -0.05) is 20.3 Å². The molecule has 1 fully saturated rings. The van der Waals surface area contributed by atoms with Gasteiger partial charge in [-0.15, -0.1) is 0 Å². The molecule has 1 aromatic rings. The number of hydrogen-bond donors (Lipinski definition) is 1. The number of benzene rings is 1. The maximum Gasteiger partial charge on any atom is 0.163 e. The lowest BCUT2D eigenvalue weighted by molar-refractivity contribution is 0.229. The van der Waals surface area contributed by atoms with Crippen molar-refractivity contribution in [1.82, 2.24) is 0 Å². The molecule has 1 atom stereocenters. The van der Waals surface area contributed by atoms with Gasteiger partial charge in [0.05, 0.1) is 13.2 Å². The Labute approximate surface area is 121 Å². The zero-order valence-electron chi connectivity index (χ0n) is 12.6. The topological polar surface area (TPSA) is 30.5 Å². The third kappa shape index (κ3) is 3.20. The summed E-state index contributed by atoms with van der Waals surface area (Å²) in [4.78, 5) is 0. The maximum atomic E-state index is 5.75. The van der Waals surface area contributed by atoms with Gasteiger partial charge in [0.25, 0.3) is 0 Å². The molecule has 3 heteroatoms. The third-order valence-corrected chi connectivity index (χ3v) is 4.32. The molecule has 0 amide bonds. The van der Waals surface area contributed by atoms with E-state index in [-0.39, 0.29) is 0 Å². The van der Waals surface area contributed by atoms with Gasteiger partial charge in [0, 0.05) is 24.2 Å². The largest absolute Gasteiger partial charge is 0.490 e. The van der Waals surface area contributed by atoms with Crippen LogP contribution in [0, 0.1) is 5.41 Å². The normalized spacial score (nSPS) is 24.8. The number of nitrogens with one attached hydrogen (secondary N) is 1. The van der Waals surface area contributed by atoms with Crippen molar-refractivity contribution in [2.75, 3.05) is 18.5 Å². The molecule has 20 heavy (non-hydrogen) atoms. The maximum absolute atomic E-state index is 5.75. The summed E-state index contributed by atoms with van der Waals surface area (Å²) in [5, 5.41) is 3.67. The summed E-state index contributed by atoms with van der Waals surface area (Å²) >= 11 is 0. The van der Waals surface area contributed by atoms with E-state index in [0.717, 1.165) is 36.8 Å². The predicted octanol–water partition coefficient (Wildman–Crippen LogP) is 4.23. The van der Waals surface area contributed by atoms with Gasteiger partial charge in [0.1, 0.15) is 0 Å². The fourth-order valence-electron chi connectivity index (χ4n) is 3.31. The molecular weight excluding hydrogens is 250 g/mol. The van der Waals surface area contributed by atoms with Crippen LogP contribution in [0.15, 0.2) is 18.2 Å². The fraction of sp³-hybridized carbons (Fsp3) is 0.647. The fourth-order valence-corrected chi connectivity index (χ4v) is 3.31. The van der Waals surface area contributed by atoms with Crippen molar-refractivity contribution in [3.63, 3.8) is 0 Å². The summed E-state index contributed by atoms with van der Waals surface area (Å²) in [6.45, 7) is 6.23. The first-order valence-corrected chi connectivity index (χ1v) is 7.79. The van der Waals surface area contributed by atoms with Crippen molar-refractivity contribution in [3.8, 4) is 11.5 Å². The van der Waals surface area contributed by atoms with Crippen LogP contribution in [0.4, 0.5) is 5.69 Å². The molecule has 0 radical (unpaired) electrons. The molecule has 2 aliphatic rings. The van der Waals surface area contributed by atoms with E-state index in [9.17, 15) is 0 Å². The molecule has 1 unspecified atom stereocenters. The van der Waals surface area contributed by atoms with Crippen LogP contribution < -0.4 is 14.8 Å². The zero-order chi connectivity index (χ0) is 14.0. The number of fused-ring (bicyclic) bond motifs is 1. The molecule has 3 rings (SSSR count). The van der Waals surface area contributed by atoms with Crippen LogP contribution in [0.2, 0.25) is 0 Å². The van der Waals surface area contributed by atoms with Crippen LogP contribution in [0.1, 0.15) is 46.0 Å². The molecule has 1 N–H and O–H groups in total. The van der Waals surface area contributed by atoms with Crippen molar-refractivity contribution >= 4 is 5.69 Å². The first kappa shape index (κ1) is 13.6. The van der Waals surface area contributed by atoms with E-state index in [4.69, 9.17) is 9.47 Å². The molecule has 1 aromatic carbocycles. The van der Waals surface area contributed by atoms with Gasteiger partial charge >= 0.3 is 0 Å². The Kier molecular flexibility index (Phi) is 3.77.